The summed E-state index contributed by atoms with van der Waals surface area (Å²) in [6, 6.07) is -0.562. The molecule has 0 rings (SSSR count). The van der Waals surface area contributed by atoms with Crippen LogP contribution >= 0.6 is 0 Å². The fraction of sp³-hybridized carbons (Fsp3) is 0.931. The van der Waals surface area contributed by atoms with E-state index in [1.54, 1.807) is 0 Å². The number of hydrogen-bond donors (Lipinski definition) is 3. The number of esters is 1. The van der Waals surface area contributed by atoms with Gasteiger partial charge in [-0.1, -0.05) is 270 Å². The summed E-state index contributed by atoms with van der Waals surface area (Å²) in [5, 5.41) is 23.3. The van der Waals surface area contributed by atoms with Crippen molar-refractivity contribution in [3.8, 4) is 0 Å². The molecule has 0 radical (unpaired) electrons. The summed E-state index contributed by atoms with van der Waals surface area (Å²) in [7, 11) is 0. The van der Waals surface area contributed by atoms with E-state index in [2.05, 4.69) is 31.3 Å². The molecular weight excluding hydrogens is 791 g/mol. The van der Waals surface area contributed by atoms with E-state index in [0.717, 1.165) is 77.0 Å². The third-order valence-corrected chi connectivity index (χ3v) is 13.6. The van der Waals surface area contributed by atoms with Crippen LogP contribution in [0.2, 0.25) is 0 Å². The van der Waals surface area contributed by atoms with Crippen LogP contribution in [0.1, 0.15) is 322 Å². The SMILES string of the molecule is CCCCCCCCCCCCCCCCCCCCCCCCCC(O)C(CO)NC(=O)CCCCCCC/C=C\CCCCOC(=O)CCCCCCCCCCCCCCC. The summed E-state index contributed by atoms with van der Waals surface area (Å²) < 4.78 is 5.44. The maximum Gasteiger partial charge on any atom is 0.305 e. The van der Waals surface area contributed by atoms with E-state index in [0.29, 0.717) is 25.9 Å². The van der Waals surface area contributed by atoms with Gasteiger partial charge in [0.1, 0.15) is 0 Å². The molecule has 0 aromatic carbocycles. The standard InChI is InChI=1S/C58H113NO5/c1-3-5-7-9-11-13-15-17-18-19-20-21-22-23-24-25-26-28-30-34-38-42-46-50-56(61)55(54-60)59-57(62)51-47-43-39-35-31-29-33-37-41-45-49-53-64-58(63)52-48-44-40-36-32-27-16-14-12-10-8-6-4-2/h33,37,55-56,60-61H,3-32,34-36,38-54H2,1-2H3,(H,59,62)/b37-33-. The Kier molecular flexibility index (Phi) is 53.0. The molecule has 0 bridgehead atoms. The van der Waals surface area contributed by atoms with Gasteiger partial charge in [0.05, 0.1) is 25.4 Å². The first-order chi connectivity index (χ1) is 31.5. The smallest absolute Gasteiger partial charge is 0.305 e. The van der Waals surface area contributed by atoms with Crippen molar-refractivity contribution in [1.29, 1.82) is 0 Å². The van der Waals surface area contributed by atoms with Gasteiger partial charge in [0.25, 0.3) is 0 Å². The Hall–Kier alpha value is -1.40. The highest BCUT2D eigenvalue weighted by Crippen LogP contribution is 2.18. The molecule has 380 valence electrons. The molecule has 0 spiro atoms. The van der Waals surface area contributed by atoms with Crippen LogP contribution in [0.4, 0.5) is 0 Å². The molecule has 3 N–H and O–H groups in total. The highest BCUT2D eigenvalue weighted by Gasteiger charge is 2.20. The van der Waals surface area contributed by atoms with Crippen LogP contribution in [0.5, 0.6) is 0 Å². The van der Waals surface area contributed by atoms with E-state index < -0.39 is 12.1 Å². The van der Waals surface area contributed by atoms with Crippen LogP contribution in [0.3, 0.4) is 0 Å². The normalized spacial score (nSPS) is 12.6. The summed E-state index contributed by atoms with van der Waals surface area (Å²) >= 11 is 0. The second kappa shape index (κ2) is 54.2. The van der Waals surface area contributed by atoms with Gasteiger partial charge in [-0.3, -0.25) is 9.59 Å². The largest absolute Gasteiger partial charge is 0.466 e. The molecule has 0 aliphatic carbocycles. The molecule has 0 saturated heterocycles. The van der Waals surface area contributed by atoms with Crippen LogP contribution < -0.4 is 5.32 Å². The molecule has 0 fully saturated rings. The number of carbonyl (C=O) groups is 2. The Morgan fingerprint density at radius 3 is 1.11 bits per heavy atom. The highest BCUT2D eigenvalue weighted by molar-refractivity contribution is 5.76. The van der Waals surface area contributed by atoms with Crippen LogP contribution in [0.15, 0.2) is 12.2 Å². The van der Waals surface area contributed by atoms with E-state index in [4.69, 9.17) is 4.74 Å². The quantitative estimate of drug-likeness (QED) is 0.0321. The van der Waals surface area contributed by atoms with Crippen molar-refractivity contribution in [2.45, 2.75) is 334 Å². The summed E-state index contributed by atoms with van der Waals surface area (Å²) in [4.78, 5) is 24.5. The number of amides is 1. The van der Waals surface area contributed by atoms with Gasteiger partial charge in [0, 0.05) is 12.8 Å². The highest BCUT2D eigenvalue weighted by atomic mass is 16.5. The van der Waals surface area contributed by atoms with Crippen molar-refractivity contribution in [2.24, 2.45) is 0 Å². The summed E-state index contributed by atoms with van der Waals surface area (Å²) in [5.41, 5.74) is 0. The van der Waals surface area contributed by atoms with Gasteiger partial charge in [-0.25, -0.2) is 0 Å². The van der Waals surface area contributed by atoms with Crippen LogP contribution in [0.25, 0.3) is 0 Å². The van der Waals surface area contributed by atoms with Crippen molar-refractivity contribution in [2.75, 3.05) is 13.2 Å². The Bertz CT molecular complexity index is 955. The first kappa shape index (κ1) is 62.6. The Labute approximate surface area is 399 Å². The number of aliphatic hydroxyl groups is 2. The maximum atomic E-state index is 12.5. The average Bonchev–Trinajstić information content (AvgIpc) is 3.29. The first-order valence-electron chi connectivity index (χ1n) is 28.9. The molecule has 2 atom stereocenters. The van der Waals surface area contributed by atoms with Crippen molar-refractivity contribution in [1.82, 2.24) is 5.32 Å². The Balaban J connectivity index is 3.49. The van der Waals surface area contributed by atoms with Gasteiger partial charge in [0.15, 0.2) is 0 Å². The minimum atomic E-state index is -0.682. The Morgan fingerprint density at radius 1 is 0.422 bits per heavy atom. The van der Waals surface area contributed by atoms with Crippen LogP contribution in [-0.2, 0) is 14.3 Å². The molecule has 6 nitrogen and oxygen atoms in total. The third-order valence-electron chi connectivity index (χ3n) is 13.6. The monoisotopic (exact) mass is 904 g/mol. The number of unbranched alkanes of at least 4 members (excludes halogenated alkanes) is 41. The van der Waals surface area contributed by atoms with E-state index >= 15 is 0 Å². The van der Waals surface area contributed by atoms with Crippen molar-refractivity contribution in [3.05, 3.63) is 12.2 Å². The molecule has 0 saturated carbocycles. The zero-order chi connectivity index (χ0) is 46.5. The zero-order valence-corrected chi connectivity index (χ0v) is 43.3. The number of rotatable bonds is 54. The van der Waals surface area contributed by atoms with Gasteiger partial charge < -0.3 is 20.3 Å². The van der Waals surface area contributed by atoms with Crippen molar-refractivity contribution in [3.63, 3.8) is 0 Å². The van der Waals surface area contributed by atoms with Crippen molar-refractivity contribution < 1.29 is 24.5 Å². The van der Waals surface area contributed by atoms with Gasteiger partial charge >= 0.3 is 5.97 Å². The van der Waals surface area contributed by atoms with Gasteiger partial charge in [0.2, 0.25) is 5.91 Å². The number of carbonyl (C=O) groups excluding carboxylic acids is 2. The van der Waals surface area contributed by atoms with E-state index in [1.165, 1.54) is 212 Å². The van der Waals surface area contributed by atoms with E-state index in [9.17, 15) is 19.8 Å². The van der Waals surface area contributed by atoms with Crippen LogP contribution in [0, 0.1) is 0 Å². The summed E-state index contributed by atoms with van der Waals surface area (Å²) in [6.45, 7) is 4.90. The van der Waals surface area contributed by atoms with E-state index in [-0.39, 0.29) is 18.5 Å². The summed E-state index contributed by atoms with van der Waals surface area (Å²) in [5.74, 6) is -0.0888. The molecule has 2 unspecified atom stereocenters. The fourth-order valence-corrected chi connectivity index (χ4v) is 9.11. The number of aliphatic hydroxyl groups excluding tert-OH is 2. The predicted octanol–water partition coefficient (Wildman–Crippen LogP) is 17.7. The minimum absolute atomic E-state index is 0.0286. The second-order valence-electron chi connectivity index (χ2n) is 20.0. The lowest BCUT2D eigenvalue weighted by Gasteiger charge is -2.22. The molecular formula is C58H113NO5. The Morgan fingerprint density at radius 2 is 0.734 bits per heavy atom. The molecule has 1 amide bonds. The zero-order valence-electron chi connectivity index (χ0n) is 43.3. The molecule has 64 heavy (non-hydrogen) atoms. The molecule has 0 aromatic heterocycles. The molecule has 6 heteroatoms. The topological polar surface area (TPSA) is 95.9 Å². The lowest BCUT2D eigenvalue weighted by atomic mass is 10.0. The lowest BCUT2D eigenvalue weighted by Crippen LogP contribution is -2.45. The molecule has 0 heterocycles. The predicted molar refractivity (Wildman–Crippen MR) is 278 cm³/mol. The lowest BCUT2D eigenvalue weighted by molar-refractivity contribution is -0.143. The van der Waals surface area contributed by atoms with Crippen molar-refractivity contribution >= 4 is 11.9 Å². The summed E-state index contributed by atoms with van der Waals surface area (Å²) in [6.07, 6.45) is 63.5. The third kappa shape index (κ3) is 50.0. The maximum absolute atomic E-state index is 12.5. The number of nitrogens with one attached hydrogen (secondary N) is 1. The number of hydrogen-bond acceptors (Lipinski definition) is 5. The van der Waals surface area contributed by atoms with Crippen LogP contribution in [-0.4, -0.2) is 47.4 Å². The van der Waals surface area contributed by atoms with Gasteiger partial charge in [-0.2, -0.15) is 0 Å². The first-order valence-corrected chi connectivity index (χ1v) is 28.9. The van der Waals surface area contributed by atoms with Gasteiger partial charge in [-0.15, -0.1) is 0 Å². The molecule has 0 aromatic rings. The fourth-order valence-electron chi connectivity index (χ4n) is 9.11. The number of ether oxygens (including phenoxy) is 1. The van der Waals surface area contributed by atoms with E-state index in [1.807, 2.05) is 0 Å². The molecule has 0 aliphatic heterocycles. The number of allylic oxidation sites excluding steroid dienone is 2. The minimum Gasteiger partial charge on any atom is -0.466 e. The molecule has 0 aliphatic rings. The average molecular weight is 905 g/mol. The van der Waals surface area contributed by atoms with Gasteiger partial charge in [-0.05, 0) is 51.4 Å². The second-order valence-corrected chi connectivity index (χ2v) is 20.0.